The molecule has 2 heterocycles. The molecule has 0 saturated carbocycles. The fourth-order valence-electron chi connectivity index (χ4n) is 4.16. The fourth-order valence-corrected chi connectivity index (χ4v) is 4.16. The Hall–Kier alpha value is -0.120. The minimum Gasteiger partial charge on any atom is -0.370 e. The van der Waals surface area contributed by atoms with Gasteiger partial charge in [0.1, 0.15) is 0 Å². The number of hydrogen-bond acceptors (Lipinski definition) is 3. The summed E-state index contributed by atoms with van der Waals surface area (Å²) in [7, 11) is 0. The van der Waals surface area contributed by atoms with Gasteiger partial charge in [-0.1, -0.05) is 13.3 Å². The summed E-state index contributed by atoms with van der Waals surface area (Å²) in [5.74, 6) is 0. The van der Waals surface area contributed by atoms with E-state index in [1.165, 1.54) is 45.3 Å². The van der Waals surface area contributed by atoms with E-state index in [0.717, 1.165) is 13.1 Å². The Kier molecular flexibility index (Phi) is 4.91. The van der Waals surface area contributed by atoms with Crippen LogP contribution in [-0.4, -0.2) is 49.3 Å². The molecule has 0 aromatic carbocycles. The zero-order chi connectivity index (χ0) is 13.9. The highest BCUT2D eigenvalue weighted by Gasteiger charge is 2.37. The Morgan fingerprint density at radius 1 is 1.26 bits per heavy atom. The zero-order valence-electron chi connectivity index (χ0n) is 13.3. The van der Waals surface area contributed by atoms with Crippen molar-refractivity contribution < 1.29 is 4.74 Å². The summed E-state index contributed by atoms with van der Waals surface area (Å²) in [5.41, 5.74) is 0.561. The largest absolute Gasteiger partial charge is 0.370 e. The van der Waals surface area contributed by atoms with E-state index in [4.69, 9.17) is 4.74 Å². The van der Waals surface area contributed by atoms with Crippen LogP contribution in [0.2, 0.25) is 0 Å². The summed E-state index contributed by atoms with van der Waals surface area (Å²) in [4.78, 5) is 2.66. The molecular weight excluding hydrogens is 236 g/mol. The van der Waals surface area contributed by atoms with Gasteiger partial charge in [-0.15, -0.1) is 0 Å². The molecule has 0 radical (unpaired) electrons. The van der Waals surface area contributed by atoms with Crippen molar-refractivity contribution in [2.24, 2.45) is 5.41 Å². The molecule has 2 saturated heterocycles. The average Bonchev–Trinajstić information content (AvgIpc) is 2.27. The van der Waals surface area contributed by atoms with E-state index in [9.17, 15) is 0 Å². The SMILES string of the molecule is CCCC1(CN2CC(C)OC(C)(C)C2)CCNCC1. The lowest BCUT2D eigenvalue weighted by atomic mass is 9.74. The first kappa shape index (κ1) is 15.3. The first-order valence-corrected chi connectivity index (χ1v) is 8.06. The maximum Gasteiger partial charge on any atom is 0.0757 e. The molecule has 0 aromatic rings. The van der Waals surface area contributed by atoms with Crippen molar-refractivity contribution in [1.29, 1.82) is 0 Å². The molecule has 0 amide bonds. The van der Waals surface area contributed by atoms with Crippen molar-refractivity contribution in [2.75, 3.05) is 32.7 Å². The minimum atomic E-state index is 0.0119. The number of ether oxygens (including phenoxy) is 1. The first-order valence-electron chi connectivity index (χ1n) is 8.06. The monoisotopic (exact) mass is 268 g/mol. The van der Waals surface area contributed by atoms with Crippen LogP contribution < -0.4 is 5.32 Å². The second-order valence-corrected chi connectivity index (χ2v) is 7.36. The van der Waals surface area contributed by atoms with Crippen LogP contribution in [0.1, 0.15) is 53.4 Å². The fraction of sp³-hybridized carbons (Fsp3) is 1.00. The standard InChI is InChI=1S/C16H32N2O/c1-5-6-16(7-9-17-10-8-16)13-18-11-14(2)19-15(3,4)12-18/h14,17H,5-13H2,1-4H3. The number of nitrogens with one attached hydrogen (secondary N) is 1. The van der Waals surface area contributed by atoms with Crippen molar-refractivity contribution in [1.82, 2.24) is 10.2 Å². The average molecular weight is 268 g/mol. The van der Waals surface area contributed by atoms with Crippen molar-refractivity contribution in [3.05, 3.63) is 0 Å². The highest BCUT2D eigenvalue weighted by atomic mass is 16.5. The van der Waals surface area contributed by atoms with Gasteiger partial charge < -0.3 is 10.1 Å². The third kappa shape index (κ3) is 4.17. The number of piperidine rings is 1. The minimum absolute atomic E-state index is 0.0119. The van der Waals surface area contributed by atoms with Crippen LogP contribution in [0.15, 0.2) is 0 Å². The van der Waals surface area contributed by atoms with Gasteiger partial charge in [-0.3, -0.25) is 4.90 Å². The Bertz CT molecular complexity index is 279. The van der Waals surface area contributed by atoms with Crippen LogP contribution >= 0.6 is 0 Å². The molecule has 2 aliphatic heterocycles. The van der Waals surface area contributed by atoms with Crippen LogP contribution in [0.5, 0.6) is 0 Å². The molecule has 1 N–H and O–H groups in total. The van der Waals surface area contributed by atoms with E-state index >= 15 is 0 Å². The smallest absolute Gasteiger partial charge is 0.0757 e. The van der Waals surface area contributed by atoms with E-state index in [2.05, 4.69) is 37.9 Å². The zero-order valence-corrected chi connectivity index (χ0v) is 13.3. The molecule has 19 heavy (non-hydrogen) atoms. The van der Waals surface area contributed by atoms with Gasteiger partial charge in [0.05, 0.1) is 11.7 Å². The summed E-state index contributed by atoms with van der Waals surface area (Å²) in [6.45, 7) is 14.8. The van der Waals surface area contributed by atoms with Gasteiger partial charge in [0.15, 0.2) is 0 Å². The molecule has 0 bridgehead atoms. The predicted molar refractivity (Wildman–Crippen MR) is 80.5 cm³/mol. The summed E-state index contributed by atoms with van der Waals surface area (Å²) < 4.78 is 6.03. The number of hydrogen-bond donors (Lipinski definition) is 1. The van der Waals surface area contributed by atoms with Crippen LogP contribution in [0.4, 0.5) is 0 Å². The summed E-state index contributed by atoms with van der Waals surface area (Å²) >= 11 is 0. The molecule has 1 unspecified atom stereocenters. The van der Waals surface area contributed by atoms with Crippen LogP contribution in [0.3, 0.4) is 0 Å². The molecule has 0 aromatic heterocycles. The molecule has 3 heteroatoms. The normalized spacial score (nSPS) is 31.3. The van der Waals surface area contributed by atoms with Gasteiger partial charge in [-0.2, -0.15) is 0 Å². The lowest BCUT2D eigenvalue weighted by Gasteiger charge is -2.47. The summed E-state index contributed by atoms with van der Waals surface area (Å²) in [6.07, 6.45) is 5.73. The first-order chi connectivity index (χ1) is 8.95. The van der Waals surface area contributed by atoms with Gasteiger partial charge in [0, 0.05) is 19.6 Å². The molecule has 2 rings (SSSR count). The van der Waals surface area contributed by atoms with E-state index in [1.54, 1.807) is 0 Å². The molecule has 0 spiro atoms. The van der Waals surface area contributed by atoms with Gasteiger partial charge in [0.2, 0.25) is 0 Å². The van der Waals surface area contributed by atoms with Crippen LogP contribution in [0.25, 0.3) is 0 Å². The third-order valence-electron chi connectivity index (χ3n) is 4.64. The molecule has 0 aliphatic carbocycles. The maximum absolute atomic E-state index is 6.03. The lowest BCUT2D eigenvalue weighted by Crippen LogP contribution is -2.55. The van der Waals surface area contributed by atoms with Gasteiger partial charge in [0.25, 0.3) is 0 Å². The molecule has 2 fully saturated rings. The van der Waals surface area contributed by atoms with E-state index < -0.39 is 0 Å². The highest BCUT2D eigenvalue weighted by molar-refractivity contribution is 4.91. The van der Waals surface area contributed by atoms with Gasteiger partial charge in [-0.05, 0) is 58.5 Å². The summed E-state index contributed by atoms with van der Waals surface area (Å²) in [6, 6.07) is 0. The van der Waals surface area contributed by atoms with E-state index in [1.807, 2.05) is 0 Å². The Morgan fingerprint density at radius 2 is 1.95 bits per heavy atom. The number of rotatable bonds is 4. The Balaban J connectivity index is 2.00. The highest BCUT2D eigenvalue weighted by Crippen LogP contribution is 2.36. The van der Waals surface area contributed by atoms with Crippen molar-refractivity contribution in [3.8, 4) is 0 Å². The molecular formula is C16H32N2O. The predicted octanol–water partition coefficient (Wildman–Crippen LogP) is 2.66. The summed E-state index contributed by atoms with van der Waals surface area (Å²) in [5, 5.41) is 3.52. The second kappa shape index (κ2) is 6.11. The maximum atomic E-state index is 6.03. The van der Waals surface area contributed by atoms with Crippen molar-refractivity contribution >= 4 is 0 Å². The van der Waals surface area contributed by atoms with E-state index in [-0.39, 0.29) is 5.60 Å². The molecule has 1 atom stereocenters. The topological polar surface area (TPSA) is 24.5 Å². The third-order valence-corrected chi connectivity index (χ3v) is 4.64. The van der Waals surface area contributed by atoms with Gasteiger partial charge >= 0.3 is 0 Å². The van der Waals surface area contributed by atoms with Gasteiger partial charge in [-0.25, -0.2) is 0 Å². The number of morpholine rings is 1. The van der Waals surface area contributed by atoms with E-state index in [0.29, 0.717) is 11.5 Å². The molecule has 2 aliphatic rings. The van der Waals surface area contributed by atoms with Crippen molar-refractivity contribution in [3.63, 3.8) is 0 Å². The molecule has 3 nitrogen and oxygen atoms in total. The Labute approximate surface area is 119 Å². The second-order valence-electron chi connectivity index (χ2n) is 7.36. The van der Waals surface area contributed by atoms with Crippen LogP contribution in [0, 0.1) is 5.41 Å². The molecule has 112 valence electrons. The Morgan fingerprint density at radius 3 is 2.53 bits per heavy atom. The quantitative estimate of drug-likeness (QED) is 0.848. The van der Waals surface area contributed by atoms with Crippen LogP contribution in [-0.2, 0) is 4.74 Å². The van der Waals surface area contributed by atoms with Crippen molar-refractivity contribution in [2.45, 2.75) is 65.1 Å². The lowest BCUT2D eigenvalue weighted by molar-refractivity contribution is -0.136. The number of nitrogens with zero attached hydrogens (tertiary/aromatic N) is 1.